The van der Waals surface area contributed by atoms with Crippen LogP contribution < -0.4 is 10.1 Å². The molecule has 0 aliphatic heterocycles. The van der Waals surface area contributed by atoms with E-state index in [4.69, 9.17) is 16.3 Å². The maximum absolute atomic E-state index is 5.87. The number of hydrogen-bond donors (Lipinski definition) is 1. The van der Waals surface area contributed by atoms with E-state index in [-0.39, 0.29) is 5.54 Å². The van der Waals surface area contributed by atoms with Gasteiger partial charge in [-0.15, -0.1) is 0 Å². The van der Waals surface area contributed by atoms with Crippen LogP contribution in [-0.2, 0) is 0 Å². The quantitative estimate of drug-likeness (QED) is 0.816. The molecule has 90 valence electrons. The van der Waals surface area contributed by atoms with Gasteiger partial charge in [-0.1, -0.05) is 11.6 Å². The summed E-state index contributed by atoms with van der Waals surface area (Å²) in [6, 6.07) is 5.67. The van der Waals surface area contributed by atoms with Crippen LogP contribution in [0, 0.1) is 6.92 Å². The number of benzene rings is 1. The summed E-state index contributed by atoms with van der Waals surface area (Å²) in [7, 11) is 0. The van der Waals surface area contributed by atoms with Crippen molar-refractivity contribution in [3.05, 3.63) is 28.8 Å². The second kappa shape index (κ2) is 5.55. The molecule has 1 N–H and O–H groups in total. The monoisotopic (exact) mass is 241 g/mol. The molecule has 0 amide bonds. The molecule has 0 aliphatic carbocycles. The van der Waals surface area contributed by atoms with Gasteiger partial charge in [-0.3, -0.25) is 0 Å². The molecular weight excluding hydrogens is 222 g/mol. The summed E-state index contributed by atoms with van der Waals surface area (Å²) < 4.78 is 5.67. The van der Waals surface area contributed by atoms with Crippen molar-refractivity contribution in [1.82, 2.24) is 5.32 Å². The molecule has 16 heavy (non-hydrogen) atoms. The van der Waals surface area contributed by atoms with Crippen LogP contribution in [0.2, 0.25) is 5.02 Å². The summed E-state index contributed by atoms with van der Waals surface area (Å²) in [5.74, 6) is 0.903. The van der Waals surface area contributed by atoms with Crippen LogP contribution in [0.5, 0.6) is 5.75 Å². The molecule has 0 bridgehead atoms. The van der Waals surface area contributed by atoms with Crippen molar-refractivity contribution in [3.8, 4) is 5.75 Å². The van der Waals surface area contributed by atoms with Gasteiger partial charge in [0.1, 0.15) is 12.4 Å². The Hall–Kier alpha value is -0.730. The van der Waals surface area contributed by atoms with Gasteiger partial charge in [0, 0.05) is 17.1 Å². The lowest BCUT2D eigenvalue weighted by Crippen LogP contribution is -2.38. The van der Waals surface area contributed by atoms with Gasteiger partial charge in [0.2, 0.25) is 0 Å². The molecule has 1 rings (SSSR count). The highest BCUT2D eigenvalue weighted by Gasteiger charge is 2.07. The van der Waals surface area contributed by atoms with E-state index < -0.39 is 0 Å². The van der Waals surface area contributed by atoms with Crippen LogP contribution in [0.4, 0.5) is 0 Å². The van der Waals surface area contributed by atoms with Gasteiger partial charge in [0.25, 0.3) is 0 Å². The minimum Gasteiger partial charge on any atom is -0.492 e. The predicted molar refractivity (Wildman–Crippen MR) is 69.4 cm³/mol. The third-order valence-corrected chi connectivity index (χ3v) is 2.39. The van der Waals surface area contributed by atoms with Gasteiger partial charge in [0.05, 0.1) is 0 Å². The zero-order valence-electron chi connectivity index (χ0n) is 10.4. The van der Waals surface area contributed by atoms with E-state index in [9.17, 15) is 0 Å². The van der Waals surface area contributed by atoms with Gasteiger partial charge in [-0.25, -0.2) is 0 Å². The van der Waals surface area contributed by atoms with E-state index in [1.54, 1.807) is 0 Å². The standard InChI is InChI=1S/C13H20ClNO/c1-10-9-11(14)5-6-12(10)16-8-7-15-13(2,3)4/h5-6,9,15H,7-8H2,1-4H3. The lowest BCUT2D eigenvalue weighted by Gasteiger charge is -2.20. The van der Waals surface area contributed by atoms with Gasteiger partial charge in [0.15, 0.2) is 0 Å². The minimum absolute atomic E-state index is 0.137. The van der Waals surface area contributed by atoms with Crippen molar-refractivity contribution in [2.45, 2.75) is 33.2 Å². The van der Waals surface area contributed by atoms with Crippen LogP contribution in [0.15, 0.2) is 18.2 Å². The molecule has 0 atom stereocenters. The van der Waals surface area contributed by atoms with E-state index in [0.717, 1.165) is 22.9 Å². The Morgan fingerprint density at radius 3 is 2.56 bits per heavy atom. The van der Waals surface area contributed by atoms with Gasteiger partial charge >= 0.3 is 0 Å². The summed E-state index contributed by atoms with van der Waals surface area (Å²) in [6.45, 7) is 9.92. The smallest absolute Gasteiger partial charge is 0.122 e. The van der Waals surface area contributed by atoms with Crippen LogP contribution in [0.25, 0.3) is 0 Å². The van der Waals surface area contributed by atoms with E-state index >= 15 is 0 Å². The van der Waals surface area contributed by atoms with Crippen molar-refractivity contribution in [2.75, 3.05) is 13.2 Å². The second-order valence-electron chi connectivity index (χ2n) is 4.94. The summed E-state index contributed by atoms with van der Waals surface area (Å²) in [6.07, 6.45) is 0. The topological polar surface area (TPSA) is 21.3 Å². The minimum atomic E-state index is 0.137. The lowest BCUT2D eigenvalue weighted by atomic mass is 10.1. The molecular formula is C13H20ClNO. The molecule has 0 saturated carbocycles. The number of ether oxygens (including phenoxy) is 1. The van der Waals surface area contributed by atoms with Crippen molar-refractivity contribution in [2.24, 2.45) is 0 Å². The Morgan fingerprint density at radius 2 is 2.00 bits per heavy atom. The largest absolute Gasteiger partial charge is 0.492 e. The van der Waals surface area contributed by atoms with Crippen molar-refractivity contribution >= 4 is 11.6 Å². The van der Waals surface area contributed by atoms with Crippen molar-refractivity contribution in [1.29, 1.82) is 0 Å². The molecule has 0 radical (unpaired) electrons. The maximum atomic E-state index is 5.87. The first-order valence-corrected chi connectivity index (χ1v) is 5.90. The van der Waals surface area contributed by atoms with Crippen LogP contribution >= 0.6 is 11.6 Å². The Morgan fingerprint density at radius 1 is 1.31 bits per heavy atom. The van der Waals surface area contributed by atoms with Gasteiger partial charge < -0.3 is 10.1 Å². The Kier molecular flexibility index (Phi) is 4.63. The van der Waals surface area contributed by atoms with Crippen molar-refractivity contribution in [3.63, 3.8) is 0 Å². The number of rotatable bonds is 4. The molecule has 3 heteroatoms. The fourth-order valence-corrected chi connectivity index (χ4v) is 1.59. The molecule has 0 spiro atoms. The van der Waals surface area contributed by atoms with E-state index in [1.165, 1.54) is 0 Å². The molecule has 1 aromatic rings. The number of hydrogen-bond acceptors (Lipinski definition) is 2. The number of nitrogens with one attached hydrogen (secondary N) is 1. The highest BCUT2D eigenvalue weighted by Crippen LogP contribution is 2.21. The highest BCUT2D eigenvalue weighted by atomic mass is 35.5. The first kappa shape index (κ1) is 13.3. The van der Waals surface area contributed by atoms with Crippen LogP contribution in [-0.4, -0.2) is 18.7 Å². The normalized spacial score (nSPS) is 11.6. The Bertz CT molecular complexity index is 344. The average molecular weight is 242 g/mol. The Labute approximate surface area is 103 Å². The highest BCUT2D eigenvalue weighted by molar-refractivity contribution is 6.30. The number of aryl methyl sites for hydroxylation is 1. The molecule has 0 aromatic heterocycles. The third kappa shape index (κ3) is 4.86. The zero-order chi connectivity index (χ0) is 12.2. The van der Waals surface area contributed by atoms with Crippen LogP contribution in [0.1, 0.15) is 26.3 Å². The fraction of sp³-hybridized carbons (Fsp3) is 0.538. The molecule has 1 aromatic carbocycles. The maximum Gasteiger partial charge on any atom is 0.122 e. The van der Waals surface area contributed by atoms with E-state index in [1.807, 2.05) is 25.1 Å². The second-order valence-corrected chi connectivity index (χ2v) is 5.37. The molecule has 0 fully saturated rings. The van der Waals surface area contributed by atoms with E-state index in [2.05, 4.69) is 26.1 Å². The fourth-order valence-electron chi connectivity index (χ4n) is 1.36. The summed E-state index contributed by atoms with van der Waals surface area (Å²) >= 11 is 5.87. The lowest BCUT2D eigenvalue weighted by molar-refractivity contribution is 0.289. The molecule has 2 nitrogen and oxygen atoms in total. The molecule has 0 saturated heterocycles. The predicted octanol–water partition coefficient (Wildman–Crippen LogP) is 3.42. The number of halogens is 1. The molecule has 0 heterocycles. The zero-order valence-corrected chi connectivity index (χ0v) is 11.2. The summed E-state index contributed by atoms with van der Waals surface area (Å²) in [5, 5.41) is 4.12. The first-order chi connectivity index (χ1) is 7.38. The summed E-state index contributed by atoms with van der Waals surface area (Å²) in [5.41, 5.74) is 1.21. The van der Waals surface area contributed by atoms with Gasteiger partial charge in [-0.2, -0.15) is 0 Å². The third-order valence-electron chi connectivity index (χ3n) is 2.15. The SMILES string of the molecule is Cc1cc(Cl)ccc1OCCNC(C)(C)C. The first-order valence-electron chi connectivity index (χ1n) is 5.52. The van der Waals surface area contributed by atoms with Crippen LogP contribution in [0.3, 0.4) is 0 Å². The van der Waals surface area contributed by atoms with Gasteiger partial charge in [-0.05, 0) is 51.5 Å². The average Bonchev–Trinajstić information content (AvgIpc) is 2.13. The molecule has 0 unspecified atom stereocenters. The van der Waals surface area contributed by atoms with E-state index in [0.29, 0.717) is 6.61 Å². The molecule has 0 aliphatic rings. The summed E-state index contributed by atoms with van der Waals surface area (Å²) in [4.78, 5) is 0. The van der Waals surface area contributed by atoms with Crippen molar-refractivity contribution < 1.29 is 4.74 Å². The Balaban J connectivity index is 2.38.